The van der Waals surface area contributed by atoms with Crippen molar-refractivity contribution in [1.29, 1.82) is 0 Å². The molecule has 2 rings (SSSR count). The first kappa shape index (κ1) is 17.8. The summed E-state index contributed by atoms with van der Waals surface area (Å²) in [6.07, 6.45) is -2.61. The van der Waals surface area contributed by atoms with Crippen LogP contribution in [0, 0.1) is 6.92 Å². The SMILES string of the molecule is Cc1cc(C(=O)N[C@@H]2CCCN(C(C)C)C2)cc(C(F)(F)F)c1. The highest BCUT2D eigenvalue weighted by Crippen LogP contribution is 2.30. The van der Waals surface area contributed by atoms with Crippen LogP contribution in [0.25, 0.3) is 0 Å². The maximum absolute atomic E-state index is 12.9. The fourth-order valence-electron chi connectivity index (χ4n) is 2.94. The van der Waals surface area contributed by atoms with E-state index in [0.29, 0.717) is 11.6 Å². The molecule has 0 spiro atoms. The van der Waals surface area contributed by atoms with Gasteiger partial charge in [0.05, 0.1) is 5.56 Å². The lowest BCUT2D eigenvalue weighted by molar-refractivity contribution is -0.137. The number of likely N-dealkylation sites (tertiary alicyclic amines) is 1. The first-order chi connectivity index (χ1) is 10.7. The molecular formula is C17H23F3N2O. The fraction of sp³-hybridized carbons (Fsp3) is 0.588. The minimum atomic E-state index is -4.44. The summed E-state index contributed by atoms with van der Waals surface area (Å²) in [6, 6.07) is 3.84. The smallest absolute Gasteiger partial charge is 0.348 e. The van der Waals surface area contributed by atoms with Gasteiger partial charge in [0.1, 0.15) is 0 Å². The number of carbonyl (C=O) groups is 1. The van der Waals surface area contributed by atoms with Gasteiger partial charge in [-0.15, -0.1) is 0 Å². The van der Waals surface area contributed by atoms with Crippen LogP contribution >= 0.6 is 0 Å². The first-order valence-electron chi connectivity index (χ1n) is 7.90. The number of piperidine rings is 1. The van der Waals surface area contributed by atoms with Gasteiger partial charge in [0.15, 0.2) is 0 Å². The number of alkyl halides is 3. The van der Waals surface area contributed by atoms with Gasteiger partial charge < -0.3 is 5.32 Å². The van der Waals surface area contributed by atoms with E-state index in [1.165, 1.54) is 6.07 Å². The molecule has 0 bridgehead atoms. The lowest BCUT2D eigenvalue weighted by Gasteiger charge is -2.35. The van der Waals surface area contributed by atoms with Gasteiger partial charge in [0, 0.05) is 24.2 Å². The van der Waals surface area contributed by atoms with Crippen molar-refractivity contribution in [3.63, 3.8) is 0 Å². The van der Waals surface area contributed by atoms with Crippen molar-refractivity contribution in [2.45, 2.75) is 51.9 Å². The number of nitrogens with one attached hydrogen (secondary N) is 1. The average molecular weight is 328 g/mol. The van der Waals surface area contributed by atoms with Gasteiger partial charge in [0.25, 0.3) is 5.91 Å². The average Bonchev–Trinajstić information content (AvgIpc) is 2.46. The van der Waals surface area contributed by atoms with Gasteiger partial charge in [-0.1, -0.05) is 0 Å². The Morgan fingerprint density at radius 1 is 1.30 bits per heavy atom. The zero-order chi connectivity index (χ0) is 17.2. The summed E-state index contributed by atoms with van der Waals surface area (Å²) < 4.78 is 38.6. The molecule has 0 aromatic heterocycles. The van der Waals surface area contributed by atoms with E-state index < -0.39 is 17.6 Å². The number of aryl methyl sites for hydroxylation is 1. The normalized spacial score (nSPS) is 19.9. The molecule has 1 aromatic carbocycles. The van der Waals surface area contributed by atoms with Crippen molar-refractivity contribution in [2.75, 3.05) is 13.1 Å². The number of rotatable bonds is 3. The molecule has 1 aliphatic rings. The van der Waals surface area contributed by atoms with E-state index in [2.05, 4.69) is 24.1 Å². The number of hydrogen-bond donors (Lipinski definition) is 1. The molecule has 1 fully saturated rings. The predicted molar refractivity (Wildman–Crippen MR) is 83.4 cm³/mol. The minimum Gasteiger partial charge on any atom is -0.348 e. The second-order valence-electron chi connectivity index (χ2n) is 6.49. The van der Waals surface area contributed by atoms with Gasteiger partial charge in [-0.05, 0) is 63.9 Å². The summed E-state index contributed by atoms with van der Waals surface area (Å²) in [6.45, 7) is 7.49. The molecule has 1 aliphatic heterocycles. The quantitative estimate of drug-likeness (QED) is 0.919. The van der Waals surface area contributed by atoms with Crippen LogP contribution in [-0.2, 0) is 6.18 Å². The summed E-state index contributed by atoms with van der Waals surface area (Å²) >= 11 is 0. The molecule has 1 saturated heterocycles. The highest BCUT2D eigenvalue weighted by molar-refractivity contribution is 5.94. The number of halogens is 3. The lowest BCUT2D eigenvalue weighted by atomic mass is 10.0. The molecule has 1 aromatic rings. The summed E-state index contributed by atoms with van der Waals surface area (Å²) in [7, 11) is 0. The minimum absolute atomic E-state index is 0.0199. The zero-order valence-electron chi connectivity index (χ0n) is 13.7. The molecular weight excluding hydrogens is 305 g/mol. The van der Waals surface area contributed by atoms with Crippen LogP contribution in [0.3, 0.4) is 0 Å². The Morgan fingerprint density at radius 2 is 2.00 bits per heavy atom. The molecule has 23 heavy (non-hydrogen) atoms. The van der Waals surface area contributed by atoms with E-state index in [1.807, 2.05) is 0 Å². The third kappa shape index (κ3) is 4.70. The standard InChI is InChI=1S/C17H23F3N2O/c1-11(2)22-6-4-5-15(10-22)21-16(23)13-7-12(3)8-14(9-13)17(18,19)20/h7-9,11,15H,4-6,10H2,1-3H3,(H,21,23)/t15-/m1/s1. The summed E-state index contributed by atoms with van der Waals surface area (Å²) in [5.74, 6) is -0.435. The first-order valence-corrected chi connectivity index (χ1v) is 7.90. The van der Waals surface area contributed by atoms with E-state index in [0.717, 1.165) is 38.1 Å². The van der Waals surface area contributed by atoms with Crippen molar-refractivity contribution >= 4 is 5.91 Å². The molecule has 1 heterocycles. The fourth-order valence-corrected chi connectivity index (χ4v) is 2.94. The van der Waals surface area contributed by atoms with E-state index >= 15 is 0 Å². The number of benzene rings is 1. The maximum atomic E-state index is 12.9. The highest BCUT2D eigenvalue weighted by atomic mass is 19.4. The summed E-state index contributed by atoms with van der Waals surface area (Å²) in [4.78, 5) is 14.6. The van der Waals surface area contributed by atoms with Crippen molar-refractivity contribution in [1.82, 2.24) is 10.2 Å². The van der Waals surface area contributed by atoms with Crippen molar-refractivity contribution in [2.24, 2.45) is 0 Å². The second-order valence-corrected chi connectivity index (χ2v) is 6.49. The van der Waals surface area contributed by atoms with E-state index in [9.17, 15) is 18.0 Å². The summed E-state index contributed by atoms with van der Waals surface area (Å²) in [5, 5.41) is 2.88. The topological polar surface area (TPSA) is 32.3 Å². The number of hydrogen-bond acceptors (Lipinski definition) is 2. The number of nitrogens with zero attached hydrogens (tertiary/aromatic N) is 1. The van der Waals surface area contributed by atoms with Crippen LogP contribution in [-0.4, -0.2) is 36.0 Å². The molecule has 0 unspecified atom stereocenters. The van der Waals surface area contributed by atoms with Gasteiger partial charge in [-0.3, -0.25) is 9.69 Å². The van der Waals surface area contributed by atoms with Crippen LogP contribution in [0.5, 0.6) is 0 Å². The van der Waals surface area contributed by atoms with E-state index in [1.54, 1.807) is 6.92 Å². The van der Waals surface area contributed by atoms with Gasteiger partial charge in [-0.25, -0.2) is 0 Å². The summed E-state index contributed by atoms with van der Waals surface area (Å²) in [5.41, 5.74) is -0.286. The molecule has 3 nitrogen and oxygen atoms in total. The van der Waals surface area contributed by atoms with Crippen LogP contribution < -0.4 is 5.32 Å². The maximum Gasteiger partial charge on any atom is 0.416 e. The molecule has 1 amide bonds. The molecule has 128 valence electrons. The lowest BCUT2D eigenvalue weighted by Crippen LogP contribution is -2.49. The molecule has 1 atom stereocenters. The van der Waals surface area contributed by atoms with E-state index in [4.69, 9.17) is 0 Å². The van der Waals surface area contributed by atoms with Gasteiger partial charge in [0.2, 0.25) is 0 Å². The highest BCUT2D eigenvalue weighted by Gasteiger charge is 2.32. The van der Waals surface area contributed by atoms with Crippen LogP contribution in [0.1, 0.15) is 48.2 Å². The molecule has 0 radical (unpaired) electrons. The van der Waals surface area contributed by atoms with Gasteiger partial charge >= 0.3 is 6.18 Å². The third-order valence-corrected chi connectivity index (χ3v) is 4.19. The Hall–Kier alpha value is -1.56. The Morgan fingerprint density at radius 3 is 2.61 bits per heavy atom. The van der Waals surface area contributed by atoms with Crippen molar-refractivity contribution in [3.8, 4) is 0 Å². The number of carbonyl (C=O) groups excluding carboxylic acids is 1. The largest absolute Gasteiger partial charge is 0.416 e. The second kappa shape index (κ2) is 6.91. The molecule has 6 heteroatoms. The zero-order valence-corrected chi connectivity index (χ0v) is 13.7. The van der Waals surface area contributed by atoms with Crippen molar-refractivity contribution < 1.29 is 18.0 Å². The Labute approximate surface area is 134 Å². The van der Waals surface area contributed by atoms with Crippen LogP contribution in [0.2, 0.25) is 0 Å². The Bertz CT molecular complexity index is 569. The Kier molecular flexibility index (Phi) is 5.34. The molecule has 1 N–H and O–H groups in total. The number of amides is 1. The van der Waals surface area contributed by atoms with Crippen LogP contribution in [0.15, 0.2) is 18.2 Å². The van der Waals surface area contributed by atoms with Crippen molar-refractivity contribution in [3.05, 3.63) is 34.9 Å². The Balaban J connectivity index is 2.10. The molecule has 0 aliphatic carbocycles. The van der Waals surface area contributed by atoms with Gasteiger partial charge in [-0.2, -0.15) is 13.2 Å². The van der Waals surface area contributed by atoms with E-state index in [-0.39, 0.29) is 11.6 Å². The third-order valence-electron chi connectivity index (χ3n) is 4.19. The predicted octanol–water partition coefficient (Wildman–Crippen LogP) is 3.62. The monoisotopic (exact) mass is 328 g/mol. The van der Waals surface area contributed by atoms with Crippen LogP contribution in [0.4, 0.5) is 13.2 Å². The molecule has 0 saturated carbocycles.